The first-order valence-electron chi connectivity index (χ1n) is 14.5. The summed E-state index contributed by atoms with van der Waals surface area (Å²) < 4.78 is 8.18. The maximum atomic E-state index is 6.51. The van der Waals surface area contributed by atoms with Crippen LogP contribution in [0.25, 0.3) is 18.0 Å². The third kappa shape index (κ3) is 6.93. The van der Waals surface area contributed by atoms with Crippen molar-refractivity contribution in [3.63, 3.8) is 0 Å². The summed E-state index contributed by atoms with van der Waals surface area (Å²) in [6, 6.07) is 11.0. The van der Waals surface area contributed by atoms with E-state index in [0.717, 1.165) is 79.3 Å². The number of hydrogen-bond acceptors (Lipinski definition) is 8. The van der Waals surface area contributed by atoms with E-state index >= 15 is 0 Å². The number of hydrogen-bond donors (Lipinski definition) is 2. The minimum absolute atomic E-state index is 0.252. The molecule has 2 aliphatic heterocycles. The highest BCUT2D eigenvalue weighted by molar-refractivity contribution is 5.82. The molecule has 9 nitrogen and oxygen atoms in total. The largest absolute Gasteiger partial charge is 0.444 e. The molecule has 5 rings (SSSR count). The lowest BCUT2D eigenvalue weighted by molar-refractivity contribution is 0.0703. The Kier molecular flexibility index (Phi) is 9.28. The van der Waals surface area contributed by atoms with Gasteiger partial charge < -0.3 is 10.5 Å². The highest BCUT2D eigenvalue weighted by atomic mass is 16.5. The smallest absolute Gasteiger partial charge is 0.194 e. The van der Waals surface area contributed by atoms with Crippen LogP contribution < -0.4 is 22.1 Å². The Morgan fingerprint density at radius 1 is 1.07 bits per heavy atom. The zero-order valence-corrected chi connectivity index (χ0v) is 24.1. The Balaban J connectivity index is 1.40. The third-order valence-electron chi connectivity index (χ3n) is 8.12. The molecule has 216 valence electrons. The summed E-state index contributed by atoms with van der Waals surface area (Å²) in [5, 5.41) is 8.57. The van der Waals surface area contributed by atoms with Gasteiger partial charge in [0.2, 0.25) is 0 Å². The van der Waals surface area contributed by atoms with Crippen LogP contribution in [0.3, 0.4) is 0 Å². The van der Waals surface area contributed by atoms with Crippen LogP contribution in [0, 0.1) is 0 Å². The fraction of sp³-hybridized carbons (Fsp3) is 0.406. The van der Waals surface area contributed by atoms with Gasteiger partial charge in [0, 0.05) is 50.4 Å². The van der Waals surface area contributed by atoms with Gasteiger partial charge in [-0.25, -0.2) is 10.0 Å². The number of aromatic nitrogens is 2. The topological polar surface area (TPSA) is 110 Å². The van der Waals surface area contributed by atoms with E-state index in [1.807, 2.05) is 48.4 Å². The van der Waals surface area contributed by atoms with E-state index in [2.05, 4.69) is 44.9 Å². The molecule has 0 spiro atoms. The number of rotatable bonds is 6. The van der Waals surface area contributed by atoms with Crippen molar-refractivity contribution < 1.29 is 4.74 Å². The maximum absolute atomic E-state index is 6.51. The first-order chi connectivity index (χ1) is 19.9. The molecule has 0 atom stereocenters. The van der Waals surface area contributed by atoms with Crippen LogP contribution >= 0.6 is 0 Å². The van der Waals surface area contributed by atoms with Gasteiger partial charge in [-0.3, -0.25) is 20.4 Å². The van der Waals surface area contributed by atoms with Gasteiger partial charge in [0.15, 0.2) is 5.90 Å². The Labute approximate surface area is 242 Å². The number of hydrazine groups is 1. The van der Waals surface area contributed by atoms with Crippen molar-refractivity contribution in [1.82, 2.24) is 19.7 Å². The number of piperazine rings is 1. The van der Waals surface area contributed by atoms with Gasteiger partial charge in [0.25, 0.3) is 0 Å². The summed E-state index contributed by atoms with van der Waals surface area (Å²) in [5.74, 6) is 7.49. The molecule has 1 saturated heterocycles. The molecule has 4 N–H and O–H groups in total. The van der Waals surface area contributed by atoms with Crippen molar-refractivity contribution in [3.8, 4) is 0 Å². The predicted molar refractivity (Wildman–Crippen MR) is 167 cm³/mol. The van der Waals surface area contributed by atoms with Crippen LogP contribution in [0.2, 0.25) is 0 Å². The van der Waals surface area contributed by atoms with E-state index in [0.29, 0.717) is 36.5 Å². The summed E-state index contributed by atoms with van der Waals surface area (Å²) in [5.41, 5.74) is 9.21. The number of nitrogens with two attached hydrogens (primary N) is 2. The van der Waals surface area contributed by atoms with E-state index in [1.54, 1.807) is 6.21 Å². The molecule has 2 aromatic rings. The zero-order valence-electron chi connectivity index (χ0n) is 24.1. The van der Waals surface area contributed by atoms with Gasteiger partial charge in [-0.15, -0.1) is 0 Å². The average molecular weight is 555 g/mol. The second-order valence-electron chi connectivity index (χ2n) is 10.9. The minimum Gasteiger partial charge on any atom is -0.444 e. The normalized spacial score (nSPS) is 27.1. The molecule has 1 aliphatic carbocycles. The molecule has 9 heteroatoms. The predicted octanol–water partition coefficient (Wildman–Crippen LogP) is 2.51. The number of aliphatic imine (C=N–C) groups is 2. The molecule has 1 saturated carbocycles. The summed E-state index contributed by atoms with van der Waals surface area (Å²) in [6.45, 7) is 14.9. The van der Waals surface area contributed by atoms with Crippen LogP contribution in [0.5, 0.6) is 0 Å². The molecule has 3 heterocycles. The maximum Gasteiger partial charge on any atom is 0.194 e. The number of allylic oxidation sites excluding steroid dienone is 3. The summed E-state index contributed by atoms with van der Waals surface area (Å²) in [4.78, 5) is 11.7. The molecule has 0 amide bonds. The van der Waals surface area contributed by atoms with Gasteiger partial charge in [0.05, 0.1) is 23.2 Å². The van der Waals surface area contributed by atoms with Crippen LogP contribution in [0.4, 0.5) is 0 Å². The third-order valence-corrected chi connectivity index (χ3v) is 8.12. The number of benzene rings is 1. The van der Waals surface area contributed by atoms with E-state index in [-0.39, 0.29) is 6.04 Å². The molecule has 1 aromatic carbocycles. The van der Waals surface area contributed by atoms with Crippen LogP contribution in [0.15, 0.2) is 70.9 Å². The van der Waals surface area contributed by atoms with Crippen molar-refractivity contribution in [3.05, 3.63) is 82.7 Å². The standard InChI is InChI=1S/C32H42N8O/c1-4-35-32(33)30-24(3)40(28-14-12-27(13-15-28)38-17-19-39(34)20-18-38)37-31(30)26-11-8-16-36-29(41-23(2)21-26)22-25-9-6-5-7-10-25/h4-11,21,27-28H,2-3,12-20,22,33-34H2,1H3/b11-8-,26-21+,32-30+,35-4-,36-29-. The quantitative estimate of drug-likeness (QED) is 0.420. The second kappa shape index (κ2) is 13.2. The van der Waals surface area contributed by atoms with E-state index in [1.165, 1.54) is 0 Å². The van der Waals surface area contributed by atoms with E-state index in [9.17, 15) is 0 Å². The highest BCUT2D eigenvalue weighted by Crippen LogP contribution is 2.30. The van der Waals surface area contributed by atoms with Crippen molar-refractivity contribution in [2.24, 2.45) is 21.6 Å². The Hall–Kier alpha value is -3.79. The molecule has 2 fully saturated rings. The summed E-state index contributed by atoms with van der Waals surface area (Å²) in [7, 11) is 0. The minimum atomic E-state index is 0.252. The first kappa shape index (κ1) is 28.7. The Morgan fingerprint density at radius 3 is 2.49 bits per heavy atom. The van der Waals surface area contributed by atoms with Crippen LogP contribution in [-0.4, -0.2) is 70.6 Å². The van der Waals surface area contributed by atoms with E-state index in [4.69, 9.17) is 21.4 Å². The van der Waals surface area contributed by atoms with Gasteiger partial charge in [-0.05, 0) is 44.2 Å². The van der Waals surface area contributed by atoms with Crippen molar-refractivity contribution in [1.29, 1.82) is 0 Å². The van der Waals surface area contributed by atoms with E-state index < -0.39 is 0 Å². The van der Waals surface area contributed by atoms with Crippen molar-refractivity contribution >= 4 is 30.1 Å². The van der Waals surface area contributed by atoms with Crippen LogP contribution in [0.1, 0.15) is 49.9 Å². The monoisotopic (exact) mass is 554 g/mol. The SMILES string of the molecule is C=C1/C=C(c2nn(C3CCC(N4CCN(N)CC4)CC3)c(=C)/c2=C(N)\N=C/C)\C=C/C/N=C(/Cc2ccccc2)O1. The zero-order chi connectivity index (χ0) is 28.8. The molecular formula is C32H42N8O. The molecule has 0 unspecified atom stereocenters. The second-order valence-corrected chi connectivity index (χ2v) is 10.9. The Bertz CT molecular complexity index is 1450. The Morgan fingerprint density at radius 2 is 1.78 bits per heavy atom. The summed E-state index contributed by atoms with van der Waals surface area (Å²) >= 11 is 0. The van der Waals surface area contributed by atoms with Crippen molar-refractivity contribution in [2.45, 2.75) is 51.1 Å². The first-order valence-corrected chi connectivity index (χ1v) is 14.5. The van der Waals surface area contributed by atoms with Gasteiger partial charge >= 0.3 is 0 Å². The van der Waals surface area contributed by atoms with Gasteiger partial charge in [-0.1, -0.05) is 55.6 Å². The molecule has 0 radical (unpaired) electrons. The molecule has 3 aliphatic rings. The number of ether oxygens (including phenoxy) is 1. The average Bonchev–Trinajstić information content (AvgIpc) is 3.35. The lowest BCUT2D eigenvalue weighted by atomic mass is 9.90. The van der Waals surface area contributed by atoms with Crippen LogP contribution in [-0.2, 0) is 11.2 Å². The van der Waals surface area contributed by atoms with Gasteiger partial charge in [-0.2, -0.15) is 5.10 Å². The summed E-state index contributed by atoms with van der Waals surface area (Å²) in [6.07, 6.45) is 12.5. The number of nitrogens with zero attached hydrogens (tertiary/aromatic N) is 6. The lowest BCUT2D eigenvalue weighted by Crippen LogP contribution is -2.53. The molecule has 1 aromatic heterocycles. The molecular weight excluding hydrogens is 512 g/mol. The van der Waals surface area contributed by atoms with Gasteiger partial charge in [0.1, 0.15) is 17.3 Å². The fourth-order valence-corrected chi connectivity index (χ4v) is 6.00. The fourth-order valence-electron chi connectivity index (χ4n) is 6.00. The van der Waals surface area contributed by atoms with Crippen molar-refractivity contribution in [2.75, 3.05) is 32.7 Å². The highest BCUT2D eigenvalue weighted by Gasteiger charge is 2.29. The molecule has 41 heavy (non-hydrogen) atoms. The lowest BCUT2D eigenvalue weighted by Gasteiger charge is -2.40. The molecule has 0 bridgehead atoms.